The quantitative estimate of drug-likeness (QED) is 0.722. The predicted octanol–water partition coefficient (Wildman–Crippen LogP) is 1.04. The number of nitrogens with one attached hydrogen (secondary N) is 1. The second-order valence-electron chi connectivity index (χ2n) is 6.41. The van der Waals surface area contributed by atoms with E-state index in [4.69, 9.17) is 5.11 Å². The number of carbonyl (C=O) groups excluding carboxylic acids is 1. The molecule has 0 aromatic rings. The van der Waals surface area contributed by atoms with Crippen molar-refractivity contribution in [1.82, 2.24) is 10.2 Å². The zero-order valence-corrected chi connectivity index (χ0v) is 12.0. The van der Waals surface area contributed by atoms with Gasteiger partial charge in [0.1, 0.15) is 0 Å². The summed E-state index contributed by atoms with van der Waals surface area (Å²) >= 11 is 0. The molecule has 2 aliphatic rings. The maximum atomic E-state index is 12.0. The second-order valence-corrected chi connectivity index (χ2v) is 6.41. The van der Waals surface area contributed by atoms with Gasteiger partial charge in [0, 0.05) is 13.1 Å². The molecular formula is C14H24N2O4. The van der Waals surface area contributed by atoms with Crippen LogP contribution in [0.1, 0.15) is 39.0 Å². The van der Waals surface area contributed by atoms with Gasteiger partial charge in [0.15, 0.2) is 0 Å². The molecule has 2 rings (SSSR count). The maximum Gasteiger partial charge on any atom is 0.317 e. The van der Waals surface area contributed by atoms with Gasteiger partial charge in [-0.2, -0.15) is 0 Å². The van der Waals surface area contributed by atoms with Crippen LogP contribution in [0.4, 0.5) is 4.79 Å². The van der Waals surface area contributed by atoms with Crippen LogP contribution in [0, 0.1) is 11.8 Å². The van der Waals surface area contributed by atoms with E-state index in [1.807, 2.05) is 0 Å². The molecule has 1 unspecified atom stereocenters. The molecule has 1 atom stereocenters. The summed E-state index contributed by atoms with van der Waals surface area (Å²) in [6.45, 7) is 3.31. The first-order valence-corrected chi connectivity index (χ1v) is 7.35. The minimum atomic E-state index is -0.767. The normalized spacial score (nSPS) is 34.0. The molecular weight excluding hydrogens is 260 g/mol. The molecule has 0 bridgehead atoms. The number of aliphatic hydroxyl groups is 1. The van der Waals surface area contributed by atoms with Crippen LogP contribution in [0.5, 0.6) is 0 Å². The van der Waals surface area contributed by atoms with Crippen molar-refractivity contribution in [2.24, 2.45) is 11.8 Å². The van der Waals surface area contributed by atoms with Crippen molar-refractivity contribution in [2.45, 2.75) is 44.6 Å². The van der Waals surface area contributed by atoms with Gasteiger partial charge in [-0.1, -0.05) is 0 Å². The first-order chi connectivity index (χ1) is 9.37. The molecule has 1 heterocycles. The molecule has 6 nitrogen and oxygen atoms in total. The number of carboxylic acid groups (broad SMARTS) is 1. The molecule has 0 radical (unpaired) electrons. The van der Waals surface area contributed by atoms with Crippen LogP contribution in [0.15, 0.2) is 0 Å². The van der Waals surface area contributed by atoms with E-state index in [0.29, 0.717) is 44.8 Å². The summed E-state index contributed by atoms with van der Waals surface area (Å²) in [4.78, 5) is 24.5. The SMILES string of the molecule is CC1(O)CCN(C(=O)NCC2CCC(C(=O)O)CC2)C1. The molecule has 6 heteroatoms. The molecule has 1 aliphatic carbocycles. The number of nitrogens with zero attached hydrogens (tertiary/aromatic N) is 1. The standard InChI is InChI=1S/C14H24N2O4/c1-14(20)6-7-16(9-14)13(19)15-8-10-2-4-11(5-3-10)12(17)18/h10-11,20H,2-9H2,1H3,(H,15,19)(H,17,18). The molecule has 2 amide bonds. The fourth-order valence-electron chi connectivity index (χ4n) is 3.08. The predicted molar refractivity (Wildman–Crippen MR) is 73.3 cm³/mol. The second kappa shape index (κ2) is 5.99. The van der Waals surface area contributed by atoms with Gasteiger partial charge in [-0.15, -0.1) is 0 Å². The molecule has 0 aromatic heterocycles. The van der Waals surface area contributed by atoms with Crippen molar-refractivity contribution < 1.29 is 19.8 Å². The van der Waals surface area contributed by atoms with Crippen LogP contribution in [0.3, 0.4) is 0 Å². The number of amides is 2. The Bertz CT molecular complexity index is 375. The minimum absolute atomic E-state index is 0.122. The number of rotatable bonds is 3. The molecule has 1 aliphatic heterocycles. The van der Waals surface area contributed by atoms with Crippen molar-refractivity contribution in [1.29, 1.82) is 0 Å². The third kappa shape index (κ3) is 3.85. The van der Waals surface area contributed by atoms with Gasteiger partial charge < -0.3 is 20.4 Å². The Balaban J connectivity index is 1.69. The molecule has 3 N–H and O–H groups in total. The first-order valence-electron chi connectivity index (χ1n) is 7.35. The first kappa shape index (κ1) is 15.1. The van der Waals surface area contributed by atoms with Crippen LogP contribution in [-0.2, 0) is 4.79 Å². The largest absolute Gasteiger partial charge is 0.481 e. The highest BCUT2D eigenvalue weighted by Crippen LogP contribution is 2.28. The fourth-order valence-corrected chi connectivity index (χ4v) is 3.08. The van der Waals surface area contributed by atoms with E-state index < -0.39 is 11.6 Å². The molecule has 0 aromatic carbocycles. The Morgan fingerprint density at radius 3 is 2.45 bits per heavy atom. The lowest BCUT2D eigenvalue weighted by atomic mass is 9.82. The van der Waals surface area contributed by atoms with Gasteiger partial charge in [-0.3, -0.25) is 4.79 Å². The van der Waals surface area contributed by atoms with Crippen LogP contribution in [0.2, 0.25) is 0 Å². The van der Waals surface area contributed by atoms with Gasteiger partial charge in [-0.05, 0) is 44.9 Å². The summed E-state index contributed by atoms with van der Waals surface area (Å²) in [5.41, 5.74) is -0.767. The third-order valence-corrected chi connectivity index (χ3v) is 4.48. The topological polar surface area (TPSA) is 89.9 Å². The van der Waals surface area contributed by atoms with E-state index >= 15 is 0 Å². The highest BCUT2D eigenvalue weighted by Gasteiger charge is 2.34. The van der Waals surface area contributed by atoms with Gasteiger partial charge >= 0.3 is 12.0 Å². The monoisotopic (exact) mass is 284 g/mol. The zero-order valence-electron chi connectivity index (χ0n) is 12.0. The summed E-state index contributed by atoms with van der Waals surface area (Å²) in [5.74, 6) is -0.542. The summed E-state index contributed by atoms with van der Waals surface area (Å²) in [7, 11) is 0. The zero-order chi connectivity index (χ0) is 14.8. The van der Waals surface area contributed by atoms with Crippen molar-refractivity contribution in [3.63, 3.8) is 0 Å². The van der Waals surface area contributed by atoms with Crippen LogP contribution >= 0.6 is 0 Å². The summed E-state index contributed by atoms with van der Waals surface area (Å²) in [6.07, 6.45) is 3.73. The summed E-state index contributed by atoms with van der Waals surface area (Å²) < 4.78 is 0. The van der Waals surface area contributed by atoms with E-state index in [2.05, 4.69) is 5.32 Å². The van der Waals surface area contributed by atoms with E-state index in [1.54, 1.807) is 11.8 Å². The average Bonchev–Trinajstić information content (AvgIpc) is 2.77. The number of carboxylic acids is 1. The maximum absolute atomic E-state index is 12.0. The highest BCUT2D eigenvalue weighted by molar-refractivity contribution is 5.74. The summed E-state index contributed by atoms with van der Waals surface area (Å²) in [6, 6.07) is -0.122. The smallest absolute Gasteiger partial charge is 0.317 e. The molecule has 2 fully saturated rings. The Hall–Kier alpha value is -1.30. The van der Waals surface area contributed by atoms with E-state index in [-0.39, 0.29) is 11.9 Å². The van der Waals surface area contributed by atoms with Crippen molar-refractivity contribution in [2.75, 3.05) is 19.6 Å². The molecule has 1 saturated heterocycles. The number of hydrogen-bond acceptors (Lipinski definition) is 3. The van der Waals surface area contributed by atoms with Crippen molar-refractivity contribution >= 4 is 12.0 Å². The Morgan fingerprint density at radius 2 is 1.95 bits per heavy atom. The lowest BCUT2D eigenvalue weighted by Crippen LogP contribution is -2.42. The number of β-amino-alcohol motifs (C(OH)–C–C–N with tert-alkyl or cyclic N) is 1. The average molecular weight is 284 g/mol. The van der Waals surface area contributed by atoms with Crippen molar-refractivity contribution in [3.8, 4) is 0 Å². The van der Waals surface area contributed by atoms with Gasteiger partial charge in [-0.25, -0.2) is 4.79 Å². The van der Waals surface area contributed by atoms with Gasteiger partial charge in [0.05, 0.1) is 18.1 Å². The number of carbonyl (C=O) groups is 2. The minimum Gasteiger partial charge on any atom is -0.481 e. The van der Waals surface area contributed by atoms with E-state index in [0.717, 1.165) is 12.8 Å². The fraction of sp³-hybridized carbons (Fsp3) is 0.857. The van der Waals surface area contributed by atoms with Crippen LogP contribution in [-0.4, -0.2) is 52.3 Å². The lowest BCUT2D eigenvalue weighted by molar-refractivity contribution is -0.143. The third-order valence-electron chi connectivity index (χ3n) is 4.48. The molecule has 0 spiro atoms. The van der Waals surface area contributed by atoms with Crippen molar-refractivity contribution in [3.05, 3.63) is 0 Å². The number of likely N-dealkylation sites (tertiary alicyclic amines) is 1. The molecule has 1 saturated carbocycles. The van der Waals surface area contributed by atoms with E-state index in [9.17, 15) is 14.7 Å². The van der Waals surface area contributed by atoms with Gasteiger partial charge in [0.25, 0.3) is 0 Å². The van der Waals surface area contributed by atoms with E-state index in [1.165, 1.54) is 0 Å². The summed E-state index contributed by atoms with van der Waals surface area (Å²) in [5, 5.41) is 21.7. The van der Waals surface area contributed by atoms with Crippen LogP contribution < -0.4 is 5.32 Å². The number of urea groups is 1. The number of hydrogen-bond donors (Lipinski definition) is 3. The molecule has 114 valence electrons. The lowest BCUT2D eigenvalue weighted by Gasteiger charge is -2.27. The highest BCUT2D eigenvalue weighted by atomic mass is 16.4. The van der Waals surface area contributed by atoms with Gasteiger partial charge in [0.2, 0.25) is 0 Å². The Labute approximate surface area is 119 Å². The van der Waals surface area contributed by atoms with Crippen LogP contribution in [0.25, 0.3) is 0 Å². The Kier molecular flexibility index (Phi) is 4.52. The Morgan fingerprint density at radius 1 is 1.30 bits per heavy atom. The molecule has 20 heavy (non-hydrogen) atoms. The number of aliphatic carboxylic acids is 1.